The molecule has 0 saturated heterocycles. The minimum absolute atomic E-state index is 0.353. The highest BCUT2D eigenvalue weighted by molar-refractivity contribution is 5.86. The molecule has 0 atom stereocenters. The minimum atomic E-state index is -4.42. The van der Waals surface area contributed by atoms with Crippen LogP contribution in [0, 0.1) is 6.92 Å². The summed E-state index contributed by atoms with van der Waals surface area (Å²) in [5.41, 5.74) is 3.44. The predicted molar refractivity (Wildman–Crippen MR) is 104 cm³/mol. The van der Waals surface area contributed by atoms with E-state index in [1.54, 1.807) is 0 Å². The minimum Gasteiger partial charge on any atom is -0.361 e. The van der Waals surface area contributed by atoms with E-state index < -0.39 is 18.6 Å². The Morgan fingerprint density at radius 1 is 1.29 bits per heavy atom. The maximum absolute atomic E-state index is 12.4. The number of aromatic amines is 1. The lowest BCUT2D eigenvalue weighted by Gasteiger charge is -2.18. The lowest BCUT2D eigenvalue weighted by molar-refractivity contribution is -0.157. The van der Waals surface area contributed by atoms with Gasteiger partial charge in [0.25, 0.3) is 0 Å². The Labute approximate surface area is 162 Å². The number of aliphatic imine (C=N–C) groups is 1. The summed E-state index contributed by atoms with van der Waals surface area (Å²) >= 11 is 0. The zero-order valence-electron chi connectivity index (χ0n) is 16.3. The molecule has 154 valence electrons. The van der Waals surface area contributed by atoms with Crippen molar-refractivity contribution >= 4 is 22.8 Å². The van der Waals surface area contributed by atoms with Gasteiger partial charge in [-0.25, -0.2) is 4.99 Å². The third kappa shape index (κ3) is 6.17. The van der Waals surface area contributed by atoms with E-state index in [4.69, 9.17) is 0 Å². The highest BCUT2D eigenvalue weighted by Gasteiger charge is 2.31. The number of carbonyl (C=O) groups excluding carboxylic acids is 1. The van der Waals surface area contributed by atoms with Crippen molar-refractivity contribution < 1.29 is 18.0 Å². The van der Waals surface area contributed by atoms with Crippen LogP contribution < -0.4 is 10.6 Å². The largest absolute Gasteiger partial charge is 0.406 e. The van der Waals surface area contributed by atoms with E-state index in [0.717, 1.165) is 29.9 Å². The molecule has 0 aliphatic carbocycles. The van der Waals surface area contributed by atoms with Gasteiger partial charge in [0.1, 0.15) is 13.1 Å². The molecule has 0 aliphatic heterocycles. The van der Waals surface area contributed by atoms with Crippen molar-refractivity contribution in [2.75, 3.05) is 33.2 Å². The van der Waals surface area contributed by atoms with E-state index in [2.05, 4.69) is 26.7 Å². The average molecular weight is 397 g/mol. The molecule has 0 unspecified atom stereocenters. The first-order valence-corrected chi connectivity index (χ1v) is 9.09. The molecule has 2 rings (SSSR count). The van der Waals surface area contributed by atoms with Gasteiger partial charge in [-0.1, -0.05) is 18.2 Å². The second kappa shape index (κ2) is 9.48. The number of fused-ring (bicyclic) bond motifs is 1. The van der Waals surface area contributed by atoms with Crippen LogP contribution in [0.25, 0.3) is 10.9 Å². The first-order valence-electron chi connectivity index (χ1n) is 9.09. The van der Waals surface area contributed by atoms with E-state index in [1.807, 2.05) is 32.2 Å². The molecular weight excluding hydrogens is 371 g/mol. The number of aromatic nitrogens is 1. The van der Waals surface area contributed by atoms with Crippen LogP contribution in [0.4, 0.5) is 13.2 Å². The van der Waals surface area contributed by atoms with Crippen molar-refractivity contribution in [1.82, 2.24) is 20.5 Å². The van der Waals surface area contributed by atoms with Gasteiger partial charge in [0, 0.05) is 37.2 Å². The second-order valence-corrected chi connectivity index (χ2v) is 6.55. The standard InChI is InChI=1S/C19H26F3N5O/c1-4-23-18(26-11-16(28)27(3)12-19(20,21)22)24-9-8-14-10-25-17-13(2)6-5-7-15(14)17/h5-7,10,25H,4,8-9,11-12H2,1-3H3,(H2,23,24,26). The summed E-state index contributed by atoms with van der Waals surface area (Å²) in [7, 11) is 1.12. The number of hydrogen-bond donors (Lipinski definition) is 3. The topological polar surface area (TPSA) is 72.5 Å². The van der Waals surface area contributed by atoms with Crippen LogP contribution in [0.5, 0.6) is 0 Å². The number of alkyl halides is 3. The Morgan fingerprint density at radius 3 is 2.71 bits per heavy atom. The van der Waals surface area contributed by atoms with Gasteiger partial charge in [0.05, 0.1) is 0 Å². The Kier molecular flexibility index (Phi) is 7.31. The molecule has 0 bridgehead atoms. The molecule has 3 N–H and O–H groups in total. The summed E-state index contributed by atoms with van der Waals surface area (Å²) in [6.07, 6.45) is -1.72. The number of nitrogens with zero attached hydrogens (tertiary/aromatic N) is 2. The number of aryl methyl sites for hydroxylation is 1. The molecule has 0 spiro atoms. The Morgan fingerprint density at radius 2 is 2.04 bits per heavy atom. The predicted octanol–water partition coefficient (Wildman–Crippen LogP) is 2.59. The van der Waals surface area contributed by atoms with Gasteiger partial charge in [-0.3, -0.25) is 4.79 Å². The van der Waals surface area contributed by atoms with E-state index in [1.165, 1.54) is 5.56 Å². The van der Waals surface area contributed by atoms with Crippen LogP contribution in [0.3, 0.4) is 0 Å². The van der Waals surface area contributed by atoms with Gasteiger partial charge in [0.2, 0.25) is 5.91 Å². The number of hydrogen-bond acceptors (Lipinski definition) is 2. The molecule has 0 fully saturated rings. The number of H-pyrrole nitrogens is 1. The van der Waals surface area contributed by atoms with Gasteiger partial charge < -0.3 is 20.5 Å². The number of rotatable bonds is 7. The van der Waals surface area contributed by atoms with E-state index in [9.17, 15) is 18.0 Å². The lowest BCUT2D eigenvalue weighted by atomic mass is 10.1. The molecule has 28 heavy (non-hydrogen) atoms. The van der Waals surface area contributed by atoms with Gasteiger partial charge in [-0.15, -0.1) is 0 Å². The molecule has 1 aromatic heterocycles. The number of amides is 1. The van der Waals surface area contributed by atoms with E-state index >= 15 is 0 Å². The number of nitrogens with one attached hydrogen (secondary N) is 3. The van der Waals surface area contributed by atoms with Crippen LogP contribution in [-0.2, 0) is 11.2 Å². The number of halogens is 3. The molecule has 1 heterocycles. The van der Waals surface area contributed by atoms with Crippen LogP contribution in [0.1, 0.15) is 18.1 Å². The Balaban J connectivity index is 1.92. The maximum atomic E-state index is 12.4. The Hall–Kier alpha value is -2.71. The third-order valence-electron chi connectivity index (χ3n) is 4.26. The number of benzene rings is 1. The summed E-state index contributed by atoms with van der Waals surface area (Å²) in [6, 6.07) is 6.11. The van der Waals surface area contributed by atoms with Gasteiger partial charge >= 0.3 is 6.18 Å². The average Bonchev–Trinajstić information content (AvgIpc) is 3.02. The normalized spacial score (nSPS) is 12.3. The number of likely N-dealkylation sites (N-methyl/N-ethyl adjacent to an activating group) is 1. The van der Waals surface area contributed by atoms with Crippen molar-refractivity contribution in [1.29, 1.82) is 0 Å². The summed E-state index contributed by atoms with van der Waals surface area (Å²) in [4.78, 5) is 19.8. The molecule has 9 heteroatoms. The molecule has 0 radical (unpaired) electrons. The van der Waals surface area contributed by atoms with E-state index in [-0.39, 0.29) is 6.54 Å². The lowest BCUT2D eigenvalue weighted by Crippen LogP contribution is -2.40. The quantitative estimate of drug-likeness (QED) is 0.497. The van der Waals surface area contributed by atoms with Crippen LogP contribution in [0.2, 0.25) is 0 Å². The molecule has 6 nitrogen and oxygen atoms in total. The highest BCUT2D eigenvalue weighted by Crippen LogP contribution is 2.21. The number of guanidine groups is 1. The first-order chi connectivity index (χ1) is 13.2. The third-order valence-corrected chi connectivity index (χ3v) is 4.26. The molecule has 0 aliphatic rings. The zero-order chi connectivity index (χ0) is 20.7. The fraction of sp³-hybridized carbons (Fsp3) is 0.474. The van der Waals surface area contributed by atoms with Crippen molar-refractivity contribution in [2.24, 2.45) is 4.99 Å². The second-order valence-electron chi connectivity index (χ2n) is 6.55. The van der Waals surface area contributed by atoms with E-state index in [0.29, 0.717) is 23.9 Å². The van der Waals surface area contributed by atoms with Crippen molar-refractivity contribution in [3.63, 3.8) is 0 Å². The van der Waals surface area contributed by atoms with Gasteiger partial charge in [-0.2, -0.15) is 13.2 Å². The highest BCUT2D eigenvalue weighted by atomic mass is 19.4. The fourth-order valence-corrected chi connectivity index (χ4v) is 2.85. The molecular formula is C19H26F3N5O. The molecule has 1 aromatic carbocycles. The smallest absolute Gasteiger partial charge is 0.361 e. The number of carbonyl (C=O) groups is 1. The summed E-state index contributed by atoms with van der Waals surface area (Å²) in [6.45, 7) is 3.42. The zero-order valence-corrected chi connectivity index (χ0v) is 16.3. The summed E-state index contributed by atoms with van der Waals surface area (Å²) < 4.78 is 37.1. The molecule has 1 amide bonds. The monoisotopic (exact) mass is 397 g/mol. The van der Waals surface area contributed by atoms with Crippen molar-refractivity contribution in [3.8, 4) is 0 Å². The maximum Gasteiger partial charge on any atom is 0.406 e. The van der Waals surface area contributed by atoms with Crippen LogP contribution >= 0.6 is 0 Å². The van der Waals surface area contributed by atoms with Crippen molar-refractivity contribution in [3.05, 3.63) is 35.5 Å². The molecule has 2 aromatic rings. The molecule has 0 saturated carbocycles. The van der Waals surface area contributed by atoms with Crippen molar-refractivity contribution in [2.45, 2.75) is 26.4 Å². The fourth-order valence-electron chi connectivity index (χ4n) is 2.85. The number of para-hydroxylation sites is 1. The summed E-state index contributed by atoms with van der Waals surface area (Å²) in [5.74, 6) is -0.297. The summed E-state index contributed by atoms with van der Waals surface area (Å²) in [5, 5.41) is 7.26. The van der Waals surface area contributed by atoms with Crippen LogP contribution in [-0.4, -0.2) is 61.2 Å². The SMILES string of the molecule is CCNC(=NCC(=O)N(C)CC(F)(F)F)NCCc1c[nH]c2c(C)cccc12. The first kappa shape index (κ1) is 21.6. The van der Waals surface area contributed by atoms with Gasteiger partial charge in [0.15, 0.2) is 5.96 Å². The van der Waals surface area contributed by atoms with Gasteiger partial charge in [-0.05, 0) is 31.4 Å². The Bertz CT molecular complexity index is 829. The van der Waals surface area contributed by atoms with Crippen LogP contribution in [0.15, 0.2) is 29.4 Å².